The van der Waals surface area contributed by atoms with Gasteiger partial charge in [0.15, 0.2) is 0 Å². The van der Waals surface area contributed by atoms with Crippen LogP contribution in [-0.2, 0) is 9.53 Å². The van der Waals surface area contributed by atoms with E-state index in [1.54, 1.807) is 6.07 Å². The summed E-state index contributed by atoms with van der Waals surface area (Å²) in [5.74, 6) is -1.50. The normalized spacial score (nSPS) is 20.2. The van der Waals surface area contributed by atoms with Crippen LogP contribution in [-0.4, -0.2) is 46.4 Å². The van der Waals surface area contributed by atoms with E-state index >= 15 is 0 Å². The Bertz CT molecular complexity index is 506. The van der Waals surface area contributed by atoms with E-state index < -0.39 is 17.9 Å². The van der Waals surface area contributed by atoms with Crippen molar-refractivity contribution >= 4 is 11.9 Å². The zero-order valence-electron chi connectivity index (χ0n) is 12.3. The lowest BCUT2D eigenvalue weighted by atomic mass is 9.93. The Balaban J connectivity index is 2.04. The van der Waals surface area contributed by atoms with Crippen LogP contribution >= 0.6 is 0 Å². The molecule has 2 unspecified atom stereocenters. The first-order chi connectivity index (χ1) is 9.99. The van der Waals surface area contributed by atoms with Crippen molar-refractivity contribution in [3.63, 3.8) is 0 Å². The summed E-state index contributed by atoms with van der Waals surface area (Å²) >= 11 is 0. The maximum Gasteiger partial charge on any atom is 0.326 e. The number of ether oxygens (including phenoxy) is 1. The van der Waals surface area contributed by atoms with Gasteiger partial charge in [-0.15, -0.1) is 0 Å². The predicted octanol–water partition coefficient (Wildman–Crippen LogP) is 1.14. The Morgan fingerprint density at radius 3 is 2.81 bits per heavy atom. The number of carbonyl (C=O) groups excluding carboxylic acids is 1. The quantitative estimate of drug-likeness (QED) is 0.755. The molecule has 1 saturated heterocycles. The van der Waals surface area contributed by atoms with Crippen molar-refractivity contribution in [1.82, 2.24) is 15.5 Å². The van der Waals surface area contributed by atoms with E-state index in [9.17, 15) is 14.7 Å². The van der Waals surface area contributed by atoms with Gasteiger partial charge in [0.1, 0.15) is 11.7 Å². The molecule has 3 N–H and O–H groups in total. The molecule has 0 spiro atoms. The molecule has 0 radical (unpaired) electrons. The van der Waals surface area contributed by atoms with Crippen LogP contribution in [0.1, 0.15) is 48.8 Å². The highest BCUT2D eigenvalue weighted by Crippen LogP contribution is 2.18. The molecule has 2 heterocycles. The van der Waals surface area contributed by atoms with Gasteiger partial charge in [-0.3, -0.25) is 9.89 Å². The van der Waals surface area contributed by atoms with E-state index in [0.29, 0.717) is 13.2 Å². The zero-order valence-corrected chi connectivity index (χ0v) is 12.3. The van der Waals surface area contributed by atoms with Gasteiger partial charge in [-0.25, -0.2) is 4.79 Å². The summed E-state index contributed by atoms with van der Waals surface area (Å²) in [5.41, 5.74) is 1.05. The van der Waals surface area contributed by atoms with Gasteiger partial charge in [-0.2, -0.15) is 5.10 Å². The fraction of sp³-hybridized carbons (Fsp3) is 0.643. The van der Waals surface area contributed by atoms with E-state index in [0.717, 1.165) is 18.5 Å². The number of carbonyl (C=O) groups is 2. The molecule has 1 fully saturated rings. The molecule has 2 rings (SSSR count). The number of nitrogens with one attached hydrogen (secondary N) is 2. The summed E-state index contributed by atoms with van der Waals surface area (Å²) in [6.45, 7) is 4.96. The van der Waals surface area contributed by atoms with Crippen LogP contribution in [0.25, 0.3) is 0 Å². The maximum absolute atomic E-state index is 12.1. The molecule has 1 aromatic heterocycles. The topological polar surface area (TPSA) is 104 Å². The molecule has 0 saturated carbocycles. The fourth-order valence-corrected chi connectivity index (χ4v) is 2.37. The van der Waals surface area contributed by atoms with Gasteiger partial charge in [0.25, 0.3) is 5.91 Å². The summed E-state index contributed by atoms with van der Waals surface area (Å²) in [5, 5.41) is 18.6. The zero-order chi connectivity index (χ0) is 15.4. The Morgan fingerprint density at radius 2 is 2.29 bits per heavy atom. The lowest BCUT2D eigenvalue weighted by molar-refractivity contribution is -0.142. The van der Waals surface area contributed by atoms with Crippen molar-refractivity contribution in [3.05, 3.63) is 17.5 Å². The molecule has 116 valence electrons. The molecule has 7 nitrogen and oxygen atoms in total. The number of hydrogen-bond donors (Lipinski definition) is 3. The van der Waals surface area contributed by atoms with Crippen LogP contribution in [0.3, 0.4) is 0 Å². The molecule has 1 aliphatic heterocycles. The van der Waals surface area contributed by atoms with Crippen LogP contribution in [0.2, 0.25) is 0 Å². The molecule has 0 bridgehead atoms. The highest BCUT2D eigenvalue weighted by Gasteiger charge is 2.32. The van der Waals surface area contributed by atoms with Gasteiger partial charge in [-0.05, 0) is 24.8 Å². The number of amides is 1. The summed E-state index contributed by atoms with van der Waals surface area (Å²) in [6.07, 6.45) is 1.54. The molecule has 1 aliphatic rings. The van der Waals surface area contributed by atoms with Gasteiger partial charge >= 0.3 is 5.97 Å². The van der Waals surface area contributed by atoms with Crippen LogP contribution in [0.5, 0.6) is 0 Å². The van der Waals surface area contributed by atoms with E-state index in [1.165, 1.54) is 0 Å². The molecule has 0 aliphatic carbocycles. The first kappa shape index (κ1) is 15.5. The molecular formula is C14H21N3O4. The lowest BCUT2D eigenvalue weighted by Crippen LogP contribution is -2.48. The van der Waals surface area contributed by atoms with Crippen molar-refractivity contribution in [3.8, 4) is 0 Å². The summed E-state index contributed by atoms with van der Waals surface area (Å²) in [7, 11) is 0. The van der Waals surface area contributed by atoms with Gasteiger partial charge in [0.05, 0.1) is 6.61 Å². The maximum atomic E-state index is 12.1. The van der Waals surface area contributed by atoms with Crippen molar-refractivity contribution in [2.75, 3.05) is 13.2 Å². The SMILES string of the molecule is CC(C)c1cc(C(=O)NC(C(=O)O)C2CCCOC2)n[nH]1. The average Bonchev–Trinajstić information content (AvgIpc) is 2.95. The molecule has 7 heteroatoms. The first-order valence-corrected chi connectivity index (χ1v) is 7.15. The van der Waals surface area contributed by atoms with E-state index in [-0.39, 0.29) is 17.5 Å². The van der Waals surface area contributed by atoms with Crippen molar-refractivity contribution in [1.29, 1.82) is 0 Å². The number of aromatic amines is 1. The molecule has 1 aromatic rings. The number of carboxylic acids is 1. The molecule has 0 aromatic carbocycles. The number of hydrogen-bond acceptors (Lipinski definition) is 4. The van der Waals surface area contributed by atoms with Crippen LogP contribution in [0.15, 0.2) is 6.07 Å². The number of nitrogens with zero attached hydrogens (tertiary/aromatic N) is 1. The van der Waals surface area contributed by atoms with Crippen LogP contribution < -0.4 is 5.32 Å². The molecule has 21 heavy (non-hydrogen) atoms. The summed E-state index contributed by atoms with van der Waals surface area (Å²) in [6, 6.07) is 0.702. The number of rotatable bonds is 5. The number of aliphatic carboxylic acids is 1. The van der Waals surface area contributed by atoms with E-state index in [1.807, 2.05) is 13.8 Å². The third-order valence-corrected chi connectivity index (χ3v) is 3.67. The smallest absolute Gasteiger partial charge is 0.326 e. The molecule has 2 atom stereocenters. The first-order valence-electron chi connectivity index (χ1n) is 7.15. The molecule has 1 amide bonds. The Morgan fingerprint density at radius 1 is 1.52 bits per heavy atom. The van der Waals surface area contributed by atoms with Crippen LogP contribution in [0.4, 0.5) is 0 Å². The second-order valence-corrected chi connectivity index (χ2v) is 5.63. The number of H-pyrrole nitrogens is 1. The number of aromatic nitrogens is 2. The van der Waals surface area contributed by atoms with Gasteiger partial charge in [-0.1, -0.05) is 13.8 Å². The predicted molar refractivity (Wildman–Crippen MR) is 75.1 cm³/mol. The third kappa shape index (κ3) is 3.81. The lowest BCUT2D eigenvalue weighted by Gasteiger charge is -2.27. The van der Waals surface area contributed by atoms with E-state index in [4.69, 9.17) is 4.74 Å². The standard InChI is InChI=1S/C14H21N3O4/c1-8(2)10-6-11(17-16-10)13(18)15-12(14(19)20)9-4-3-5-21-7-9/h6,8-9,12H,3-5,7H2,1-2H3,(H,15,18)(H,16,17)(H,19,20). The second kappa shape index (κ2) is 6.71. The summed E-state index contributed by atoms with van der Waals surface area (Å²) in [4.78, 5) is 23.5. The highest BCUT2D eigenvalue weighted by molar-refractivity contribution is 5.95. The monoisotopic (exact) mass is 295 g/mol. The minimum Gasteiger partial charge on any atom is -0.480 e. The van der Waals surface area contributed by atoms with Crippen molar-refractivity contribution in [2.45, 2.75) is 38.6 Å². The Labute approximate surface area is 123 Å². The average molecular weight is 295 g/mol. The van der Waals surface area contributed by atoms with Gasteiger partial charge in [0.2, 0.25) is 0 Å². The Kier molecular flexibility index (Phi) is 4.95. The minimum absolute atomic E-state index is 0.205. The third-order valence-electron chi connectivity index (χ3n) is 3.67. The highest BCUT2D eigenvalue weighted by atomic mass is 16.5. The van der Waals surface area contributed by atoms with E-state index in [2.05, 4.69) is 15.5 Å². The molecular weight excluding hydrogens is 274 g/mol. The van der Waals surface area contributed by atoms with Crippen LogP contribution in [0, 0.1) is 5.92 Å². The van der Waals surface area contributed by atoms with Gasteiger partial charge in [0, 0.05) is 18.2 Å². The number of carboxylic acid groups (broad SMARTS) is 1. The largest absolute Gasteiger partial charge is 0.480 e. The van der Waals surface area contributed by atoms with Crippen molar-refractivity contribution in [2.24, 2.45) is 5.92 Å². The Hall–Kier alpha value is -1.89. The van der Waals surface area contributed by atoms with Gasteiger partial charge < -0.3 is 15.2 Å². The second-order valence-electron chi connectivity index (χ2n) is 5.63. The summed E-state index contributed by atoms with van der Waals surface area (Å²) < 4.78 is 5.30. The van der Waals surface area contributed by atoms with Crippen molar-refractivity contribution < 1.29 is 19.4 Å². The fourth-order valence-electron chi connectivity index (χ4n) is 2.37. The minimum atomic E-state index is -1.04.